The Morgan fingerprint density at radius 2 is 2.24 bits per heavy atom. The minimum atomic E-state index is -0.564. The van der Waals surface area contributed by atoms with Crippen molar-refractivity contribution in [1.82, 2.24) is 0 Å². The molecule has 1 atom stereocenters. The summed E-state index contributed by atoms with van der Waals surface area (Å²) in [4.78, 5) is 2.24. The highest BCUT2D eigenvalue weighted by Gasteiger charge is 2.31. The lowest BCUT2D eigenvalue weighted by atomic mass is 10.0. The molecule has 0 radical (unpaired) electrons. The quantitative estimate of drug-likeness (QED) is 0.913. The van der Waals surface area contributed by atoms with Gasteiger partial charge in [0.25, 0.3) is 0 Å². The zero-order chi connectivity index (χ0) is 14.8. The molecule has 108 valence electrons. The SMILES string of the molecule is C[C@H](O)c1ccc(C#N)cc1N(Cc1ccco1)C1CC1. The molecule has 1 N–H and O–H groups in total. The van der Waals surface area contributed by atoms with Gasteiger partial charge in [-0.05, 0) is 44.0 Å². The Labute approximate surface area is 124 Å². The first-order chi connectivity index (χ1) is 10.2. The molecule has 21 heavy (non-hydrogen) atoms. The largest absolute Gasteiger partial charge is 0.467 e. The summed E-state index contributed by atoms with van der Waals surface area (Å²) < 4.78 is 5.45. The van der Waals surface area contributed by atoms with Crippen LogP contribution in [0.1, 0.15) is 42.8 Å². The van der Waals surface area contributed by atoms with E-state index in [1.165, 1.54) is 0 Å². The van der Waals surface area contributed by atoms with Gasteiger partial charge in [0.05, 0.1) is 30.5 Å². The lowest BCUT2D eigenvalue weighted by Gasteiger charge is -2.27. The molecule has 4 nitrogen and oxygen atoms in total. The maximum Gasteiger partial charge on any atom is 0.123 e. The molecule has 1 aliphatic carbocycles. The second-order valence-corrected chi connectivity index (χ2v) is 5.50. The van der Waals surface area contributed by atoms with Crippen molar-refractivity contribution in [2.45, 2.75) is 38.5 Å². The number of furan rings is 1. The molecule has 0 aliphatic heterocycles. The van der Waals surface area contributed by atoms with Crippen LogP contribution in [0.25, 0.3) is 0 Å². The number of aliphatic hydroxyl groups excluding tert-OH is 1. The highest BCUT2D eigenvalue weighted by molar-refractivity contribution is 5.60. The Morgan fingerprint density at radius 1 is 1.43 bits per heavy atom. The van der Waals surface area contributed by atoms with Crippen molar-refractivity contribution in [3.8, 4) is 6.07 Å². The van der Waals surface area contributed by atoms with E-state index in [9.17, 15) is 5.11 Å². The van der Waals surface area contributed by atoms with E-state index in [4.69, 9.17) is 9.68 Å². The number of aliphatic hydroxyl groups is 1. The first-order valence-corrected chi connectivity index (χ1v) is 7.20. The zero-order valence-electron chi connectivity index (χ0n) is 12.0. The number of benzene rings is 1. The summed E-state index contributed by atoms with van der Waals surface area (Å²) in [7, 11) is 0. The van der Waals surface area contributed by atoms with Crippen molar-refractivity contribution in [1.29, 1.82) is 5.26 Å². The van der Waals surface area contributed by atoms with Gasteiger partial charge in [-0.3, -0.25) is 0 Å². The highest BCUT2D eigenvalue weighted by atomic mass is 16.3. The van der Waals surface area contributed by atoms with Crippen LogP contribution in [0, 0.1) is 11.3 Å². The maximum absolute atomic E-state index is 10.0. The van der Waals surface area contributed by atoms with Crippen molar-refractivity contribution in [2.75, 3.05) is 4.90 Å². The standard InChI is InChI=1S/C17H18N2O2/c1-12(20)16-7-4-13(10-18)9-17(16)19(14-5-6-14)11-15-3-2-8-21-15/h2-4,7-9,12,14,20H,5-6,11H2,1H3/t12-/m0/s1. The van der Waals surface area contributed by atoms with Crippen LogP contribution in [-0.2, 0) is 6.54 Å². The average Bonchev–Trinajstić information content (AvgIpc) is 3.20. The van der Waals surface area contributed by atoms with E-state index in [2.05, 4.69) is 11.0 Å². The number of hydrogen-bond acceptors (Lipinski definition) is 4. The van der Waals surface area contributed by atoms with Crippen LogP contribution >= 0.6 is 0 Å². The Kier molecular flexibility index (Phi) is 3.68. The van der Waals surface area contributed by atoms with Gasteiger partial charge >= 0.3 is 0 Å². The zero-order valence-corrected chi connectivity index (χ0v) is 12.0. The summed E-state index contributed by atoms with van der Waals surface area (Å²) in [6.45, 7) is 2.41. The van der Waals surface area contributed by atoms with Crippen LogP contribution in [0.3, 0.4) is 0 Å². The summed E-state index contributed by atoms with van der Waals surface area (Å²) in [6.07, 6.45) is 3.38. The third kappa shape index (κ3) is 2.93. The van der Waals surface area contributed by atoms with Crippen molar-refractivity contribution in [3.63, 3.8) is 0 Å². The van der Waals surface area contributed by atoms with Crippen molar-refractivity contribution >= 4 is 5.69 Å². The van der Waals surface area contributed by atoms with E-state index < -0.39 is 6.10 Å². The summed E-state index contributed by atoms with van der Waals surface area (Å²) in [6, 6.07) is 11.9. The average molecular weight is 282 g/mol. The van der Waals surface area contributed by atoms with E-state index in [-0.39, 0.29) is 0 Å². The van der Waals surface area contributed by atoms with E-state index in [1.54, 1.807) is 19.3 Å². The molecular formula is C17H18N2O2. The highest BCUT2D eigenvalue weighted by Crippen LogP contribution is 2.37. The van der Waals surface area contributed by atoms with Gasteiger partial charge in [-0.2, -0.15) is 5.26 Å². The molecule has 1 aromatic heterocycles. The van der Waals surface area contributed by atoms with Crippen LogP contribution in [0.2, 0.25) is 0 Å². The molecule has 0 amide bonds. The third-order valence-electron chi connectivity index (χ3n) is 3.81. The van der Waals surface area contributed by atoms with Gasteiger partial charge in [0.15, 0.2) is 0 Å². The van der Waals surface area contributed by atoms with Gasteiger partial charge in [-0.15, -0.1) is 0 Å². The Hall–Kier alpha value is -2.25. The van der Waals surface area contributed by atoms with Crippen molar-refractivity contribution in [3.05, 3.63) is 53.5 Å². The van der Waals surface area contributed by atoms with E-state index >= 15 is 0 Å². The fourth-order valence-corrected chi connectivity index (χ4v) is 2.58. The molecule has 4 heteroatoms. The number of rotatable bonds is 5. The maximum atomic E-state index is 10.0. The lowest BCUT2D eigenvalue weighted by Crippen LogP contribution is -2.26. The van der Waals surface area contributed by atoms with Crippen LogP contribution < -0.4 is 4.90 Å². The first-order valence-electron chi connectivity index (χ1n) is 7.20. The summed E-state index contributed by atoms with van der Waals surface area (Å²) in [5.74, 6) is 0.890. The topological polar surface area (TPSA) is 60.4 Å². The molecule has 1 aliphatic rings. The molecule has 0 saturated heterocycles. The fraction of sp³-hybridized carbons (Fsp3) is 0.353. The van der Waals surface area contributed by atoms with Gasteiger partial charge in [0.1, 0.15) is 5.76 Å². The normalized spacial score (nSPS) is 15.5. The first kappa shape index (κ1) is 13.7. The van der Waals surface area contributed by atoms with E-state index in [1.807, 2.05) is 24.3 Å². The molecule has 1 saturated carbocycles. The Balaban J connectivity index is 1.99. The minimum Gasteiger partial charge on any atom is -0.467 e. The minimum absolute atomic E-state index is 0.460. The Bertz CT molecular complexity index is 652. The van der Waals surface area contributed by atoms with Crippen LogP contribution in [0.5, 0.6) is 0 Å². The number of anilines is 1. The van der Waals surface area contributed by atoms with Crippen molar-refractivity contribution < 1.29 is 9.52 Å². The van der Waals surface area contributed by atoms with Gasteiger partial charge in [0, 0.05) is 17.3 Å². The lowest BCUT2D eigenvalue weighted by molar-refractivity contribution is 0.199. The van der Waals surface area contributed by atoms with Crippen LogP contribution in [0.4, 0.5) is 5.69 Å². The molecule has 0 unspecified atom stereocenters. The second-order valence-electron chi connectivity index (χ2n) is 5.50. The summed E-state index contributed by atoms with van der Waals surface area (Å²) >= 11 is 0. The molecular weight excluding hydrogens is 264 g/mol. The number of hydrogen-bond donors (Lipinski definition) is 1. The second kappa shape index (κ2) is 5.63. The van der Waals surface area contributed by atoms with Crippen LogP contribution in [0.15, 0.2) is 41.0 Å². The monoisotopic (exact) mass is 282 g/mol. The third-order valence-corrected chi connectivity index (χ3v) is 3.81. The van der Waals surface area contributed by atoms with Gasteiger partial charge in [-0.25, -0.2) is 0 Å². The number of nitriles is 1. The number of nitrogens with zero attached hydrogens (tertiary/aromatic N) is 2. The van der Waals surface area contributed by atoms with E-state index in [0.717, 1.165) is 29.9 Å². The molecule has 1 heterocycles. The van der Waals surface area contributed by atoms with E-state index in [0.29, 0.717) is 18.2 Å². The molecule has 0 spiro atoms. The smallest absolute Gasteiger partial charge is 0.123 e. The Morgan fingerprint density at radius 3 is 2.81 bits per heavy atom. The fourth-order valence-electron chi connectivity index (χ4n) is 2.58. The molecule has 2 aromatic rings. The molecule has 3 rings (SSSR count). The van der Waals surface area contributed by atoms with Gasteiger partial charge < -0.3 is 14.4 Å². The summed E-state index contributed by atoms with van der Waals surface area (Å²) in [5.41, 5.74) is 2.40. The molecule has 1 fully saturated rings. The van der Waals surface area contributed by atoms with Crippen LogP contribution in [-0.4, -0.2) is 11.1 Å². The predicted octanol–water partition coefficient (Wildman–Crippen LogP) is 3.37. The molecule has 0 bridgehead atoms. The predicted molar refractivity (Wildman–Crippen MR) is 79.7 cm³/mol. The summed E-state index contributed by atoms with van der Waals surface area (Å²) in [5, 5.41) is 19.1. The molecule has 1 aromatic carbocycles. The van der Waals surface area contributed by atoms with Crippen molar-refractivity contribution in [2.24, 2.45) is 0 Å². The van der Waals surface area contributed by atoms with Gasteiger partial charge in [-0.1, -0.05) is 6.07 Å². The van der Waals surface area contributed by atoms with Gasteiger partial charge in [0.2, 0.25) is 0 Å².